The van der Waals surface area contributed by atoms with Gasteiger partial charge in [0.1, 0.15) is 0 Å². The summed E-state index contributed by atoms with van der Waals surface area (Å²) >= 11 is 0. The van der Waals surface area contributed by atoms with Crippen LogP contribution in [-0.4, -0.2) is 37.6 Å². The second-order valence-electron chi connectivity index (χ2n) is 10.5. The summed E-state index contributed by atoms with van der Waals surface area (Å²) in [5.41, 5.74) is 14.7. The molecule has 1 N–H and O–H groups in total. The fraction of sp³-hybridized carbons (Fsp3) is 0.303. The van der Waals surface area contributed by atoms with Crippen LogP contribution in [0, 0.1) is 0 Å². The molecule has 0 amide bonds. The number of nitrogens with zero attached hydrogens (tertiary/aromatic N) is 2. The summed E-state index contributed by atoms with van der Waals surface area (Å²) < 4.78 is 2.73. The lowest BCUT2D eigenvalue weighted by atomic mass is 9.77. The molecule has 1 fully saturated rings. The molecule has 3 aromatic carbocycles. The number of nitrogens with one attached hydrogen (secondary N) is 1. The molecule has 1 aromatic heterocycles. The van der Waals surface area contributed by atoms with Gasteiger partial charge in [-0.3, -0.25) is 4.90 Å². The van der Waals surface area contributed by atoms with Gasteiger partial charge in [-0.1, -0.05) is 66.7 Å². The predicted octanol–water partition coefficient (Wildman–Crippen LogP) is 5.08. The van der Waals surface area contributed by atoms with Crippen LogP contribution in [-0.2, 0) is 32.2 Å². The first-order valence-corrected chi connectivity index (χ1v) is 13.6. The van der Waals surface area contributed by atoms with Gasteiger partial charge in [0.25, 0.3) is 0 Å². The van der Waals surface area contributed by atoms with Crippen molar-refractivity contribution in [2.24, 2.45) is 0 Å². The fourth-order valence-corrected chi connectivity index (χ4v) is 6.77. The number of hydrogen-bond donors (Lipinski definition) is 1. The normalized spacial score (nSPS) is 16.6. The van der Waals surface area contributed by atoms with Crippen molar-refractivity contribution in [3.05, 3.63) is 101 Å². The molecule has 36 heavy (non-hydrogen) atoms. The Balaban J connectivity index is 1.52. The van der Waals surface area contributed by atoms with Crippen LogP contribution >= 0.6 is 0 Å². The van der Waals surface area contributed by atoms with Gasteiger partial charge in [0.2, 0.25) is 11.4 Å². The quantitative estimate of drug-likeness (QED) is 0.418. The van der Waals surface area contributed by atoms with Gasteiger partial charge in [0.15, 0.2) is 6.54 Å². The average Bonchev–Trinajstić information content (AvgIpc) is 2.96. The maximum absolute atomic E-state index is 3.52. The highest BCUT2D eigenvalue weighted by atomic mass is 15.2. The minimum atomic E-state index is 1.03. The first-order valence-electron chi connectivity index (χ1n) is 13.6. The lowest BCUT2D eigenvalue weighted by Crippen LogP contribution is -2.50. The van der Waals surface area contributed by atoms with Crippen LogP contribution in [0.25, 0.3) is 33.6 Å². The fourth-order valence-electron chi connectivity index (χ4n) is 6.77. The molecular formula is C33H34N3+. The first-order chi connectivity index (χ1) is 17.9. The summed E-state index contributed by atoms with van der Waals surface area (Å²) in [6, 6.07) is 29.5. The van der Waals surface area contributed by atoms with Crippen LogP contribution in [0.2, 0.25) is 0 Å². The molecule has 1 aliphatic heterocycles. The maximum atomic E-state index is 3.52. The van der Waals surface area contributed by atoms with E-state index in [0.717, 1.165) is 65.0 Å². The zero-order chi connectivity index (χ0) is 23.9. The van der Waals surface area contributed by atoms with Gasteiger partial charge in [-0.15, -0.1) is 0 Å². The van der Waals surface area contributed by atoms with E-state index in [4.69, 9.17) is 0 Å². The first kappa shape index (κ1) is 22.0. The van der Waals surface area contributed by atoms with Crippen molar-refractivity contribution < 1.29 is 4.57 Å². The average molecular weight is 473 g/mol. The Bertz CT molecular complexity index is 1340. The van der Waals surface area contributed by atoms with E-state index in [1.807, 2.05) is 0 Å². The topological polar surface area (TPSA) is 19.1 Å². The number of benzene rings is 3. The van der Waals surface area contributed by atoms with Crippen LogP contribution < -0.4 is 9.88 Å². The van der Waals surface area contributed by atoms with Crippen LogP contribution in [0.5, 0.6) is 0 Å². The summed E-state index contributed by atoms with van der Waals surface area (Å²) in [7, 11) is 0. The predicted molar refractivity (Wildman–Crippen MR) is 147 cm³/mol. The lowest BCUT2D eigenvalue weighted by Gasteiger charge is -2.30. The Labute approximate surface area is 214 Å². The molecule has 7 rings (SSSR count). The molecule has 180 valence electrons. The molecule has 0 saturated carbocycles. The number of hydrogen-bond acceptors (Lipinski definition) is 2. The van der Waals surface area contributed by atoms with E-state index in [9.17, 15) is 0 Å². The Morgan fingerprint density at radius 1 is 0.639 bits per heavy atom. The second-order valence-corrected chi connectivity index (χ2v) is 10.5. The van der Waals surface area contributed by atoms with E-state index in [-0.39, 0.29) is 0 Å². The summed E-state index contributed by atoms with van der Waals surface area (Å²) in [5, 5.41) is 3.52. The number of pyridine rings is 1. The molecule has 0 spiro atoms. The third-order valence-corrected chi connectivity index (χ3v) is 8.46. The minimum absolute atomic E-state index is 1.03. The zero-order valence-corrected chi connectivity index (χ0v) is 21.0. The van der Waals surface area contributed by atoms with Crippen LogP contribution in [0.1, 0.15) is 22.3 Å². The molecule has 2 aliphatic carbocycles. The Morgan fingerprint density at radius 3 is 1.81 bits per heavy atom. The van der Waals surface area contributed by atoms with Crippen molar-refractivity contribution in [2.75, 3.05) is 32.7 Å². The number of aromatic nitrogens is 1. The minimum Gasteiger partial charge on any atom is -0.314 e. The van der Waals surface area contributed by atoms with Crippen molar-refractivity contribution in [3.8, 4) is 33.6 Å². The summed E-state index contributed by atoms with van der Waals surface area (Å²) in [4.78, 5) is 2.64. The third kappa shape index (κ3) is 3.70. The molecule has 4 aromatic rings. The third-order valence-electron chi connectivity index (χ3n) is 8.46. The molecule has 0 radical (unpaired) electrons. The van der Waals surface area contributed by atoms with Gasteiger partial charge in [0, 0.05) is 54.0 Å². The highest BCUT2D eigenvalue weighted by Gasteiger charge is 2.37. The standard InChI is InChI=1S/C33H34N3/c1-2-10-26(11-3-1)31-29-16-14-24-8-4-6-12-27(24)32(29)36(23-22-35-20-18-34-19-21-35)33-28-13-7-5-9-25(28)15-17-30(31)33/h1-13,34H,14-23H2/q+1. The Kier molecular flexibility index (Phi) is 5.68. The number of piperazine rings is 1. The van der Waals surface area contributed by atoms with Crippen molar-refractivity contribution >= 4 is 0 Å². The van der Waals surface area contributed by atoms with Gasteiger partial charge < -0.3 is 5.32 Å². The second kappa shape index (κ2) is 9.31. The van der Waals surface area contributed by atoms with Gasteiger partial charge in [0.05, 0.1) is 6.54 Å². The van der Waals surface area contributed by atoms with Gasteiger partial charge in [-0.25, -0.2) is 0 Å². The van der Waals surface area contributed by atoms with Crippen LogP contribution in [0.15, 0.2) is 78.9 Å². The maximum Gasteiger partial charge on any atom is 0.217 e. The van der Waals surface area contributed by atoms with Crippen molar-refractivity contribution in [1.29, 1.82) is 0 Å². The largest absolute Gasteiger partial charge is 0.314 e. The SMILES string of the molecule is c1ccc(-c2c3c([n+](CCN4CCNCC4)c4c2CCc2ccccc2-4)-c2ccccc2CC3)cc1. The number of aryl methyl sites for hydroxylation is 2. The van der Waals surface area contributed by atoms with E-state index >= 15 is 0 Å². The van der Waals surface area contributed by atoms with Crippen molar-refractivity contribution in [3.63, 3.8) is 0 Å². The number of fused-ring (bicyclic) bond motifs is 6. The highest BCUT2D eigenvalue weighted by molar-refractivity contribution is 5.85. The molecule has 3 nitrogen and oxygen atoms in total. The summed E-state index contributed by atoms with van der Waals surface area (Å²) in [6.07, 6.45) is 4.46. The Hall–Kier alpha value is -3.27. The van der Waals surface area contributed by atoms with E-state index in [0.29, 0.717) is 0 Å². The highest BCUT2D eigenvalue weighted by Crippen LogP contribution is 2.44. The van der Waals surface area contributed by atoms with Crippen LogP contribution in [0.4, 0.5) is 0 Å². The monoisotopic (exact) mass is 472 g/mol. The van der Waals surface area contributed by atoms with E-state index in [1.54, 1.807) is 11.1 Å². The summed E-state index contributed by atoms with van der Waals surface area (Å²) in [6.45, 7) is 6.60. The van der Waals surface area contributed by atoms with E-state index < -0.39 is 0 Å². The molecule has 1 saturated heterocycles. The number of rotatable bonds is 4. The Morgan fingerprint density at radius 2 is 1.19 bits per heavy atom. The molecule has 3 heteroatoms. The smallest absolute Gasteiger partial charge is 0.217 e. The molecule has 3 aliphatic rings. The molecule has 0 atom stereocenters. The molecule has 2 heterocycles. The van der Waals surface area contributed by atoms with Gasteiger partial charge in [-0.05, 0) is 54.5 Å². The van der Waals surface area contributed by atoms with Crippen LogP contribution in [0.3, 0.4) is 0 Å². The van der Waals surface area contributed by atoms with E-state index in [2.05, 4.69) is 93.6 Å². The van der Waals surface area contributed by atoms with Crippen molar-refractivity contribution in [1.82, 2.24) is 10.2 Å². The molecular weight excluding hydrogens is 438 g/mol. The van der Waals surface area contributed by atoms with Crippen molar-refractivity contribution in [2.45, 2.75) is 32.2 Å². The van der Waals surface area contributed by atoms with Gasteiger partial charge in [-0.2, -0.15) is 4.57 Å². The lowest BCUT2D eigenvalue weighted by molar-refractivity contribution is -0.675. The molecule has 0 bridgehead atoms. The molecule has 0 unspecified atom stereocenters. The zero-order valence-electron chi connectivity index (χ0n) is 21.0. The van der Waals surface area contributed by atoms with E-state index in [1.165, 1.54) is 44.8 Å². The summed E-state index contributed by atoms with van der Waals surface area (Å²) in [5.74, 6) is 0. The van der Waals surface area contributed by atoms with Gasteiger partial charge >= 0.3 is 0 Å².